The van der Waals surface area contributed by atoms with Gasteiger partial charge in [-0.25, -0.2) is 9.97 Å². The van der Waals surface area contributed by atoms with Gasteiger partial charge in [-0.15, -0.1) is 0 Å². The van der Waals surface area contributed by atoms with Crippen molar-refractivity contribution in [3.05, 3.63) is 95.6 Å². The van der Waals surface area contributed by atoms with E-state index in [1.54, 1.807) is 24.3 Å². The summed E-state index contributed by atoms with van der Waals surface area (Å²) in [5.74, 6) is -0.360. The Kier molecular flexibility index (Phi) is 5.67. The van der Waals surface area contributed by atoms with E-state index in [2.05, 4.69) is 20.6 Å². The van der Waals surface area contributed by atoms with E-state index in [1.165, 1.54) is 0 Å². The molecule has 1 aromatic carbocycles. The molecule has 6 nitrogen and oxygen atoms in total. The summed E-state index contributed by atoms with van der Waals surface area (Å²) in [6.07, 6.45) is 7.28. The Morgan fingerprint density at radius 1 is 0.692 bits per heavy atom. The number of hydrogen-bond acceptors (Lipinski definition) is 2. The summed E-state index contributed by atoms with van der Waals surface area (Å²) in [4.78, 5) is 30.3. The lowest BCUT2D eigenvalue weighted by Gasteiger charge is -2.06. The quantitative estimate of drug-likeness (QED) is 0.701. The lowest BCUT2D eigenvalue weighted by atomic mass is 10.1. The summed E-state index contributed by atoms with van der Waals surface area (Å²) in [5, 5.41) is 5.70. The number of aromatic amines is 2. The average Bonchev–Trinajstić information content (AvgIpc) is 2.72. The van der Waals surface area contributed by atoms with Crippen LogP contribution in [0.4, 0.5) is 0 Å². The third-order valence-corrected chi connectivity index (χ3v) is 3.86. The molecule has 2 amide bonds. The molecule has 0 fully saturated rings. The molecule has 0 aliphatic carbocycles. The number of carbonyl (C=O) groups is 2. The van der Waals surface area contributed by atoms with Crippen molar-refractivity contribution >= 4 is 11.8 Å². The summed E-state index contributed by atoms with van der Waals surface area (Å²) in [6.45, 7) is 0.874. The van der Waals surface area contributed by atoms with Crippen molar-refractivity contribution in [3.63, 3.8) is 0 Å². The topological polar surface area (TPSA) is 86.5 Å². The van der Waals surface area contributed by atoms with Crippen molar-refractivity contribution in [1.82, 2.24) is 10.6 Å². The van der Waals surface area contributed by atoms with Gasteiger partial charge >= 0.3 is 0 Å². The van der Waals surface area contributed by atoms with Crippen LogP contribution in [0, 0.1) is 0 Å². The number of rotatable bonds is 6. The molecule has 0 aliphatic rings. The predicted molar refractivity (Wildman–Crippen MR) is 94.8 cm³/mol. The van der Waals surface area contributed by atoms with Crippen LogP contribution in [0.25, 0.3) is 0 Å². The molecule has 0 saturated heterocycles. The van der Waals surface area contributed by atoms with Crippen molar-refractivity contribution in [1.29, 1.82) is 0 Å². The zero-order valence-electron chi connectivity index (χ0n) is 14.2. The first-order valence-electron chi connectivity index (χ1n) is 8.29. The fraction of sp³-hybridized carbons (Fsp3) is 0.100. The fourth-order valence-electron chi connectivity index (χ4n) is 2.42. The first-order chi connectivity index (χ1) is 12.7. The molecule has 6 heteroatoms. The van der Waals surface area contributed by atoms with Gasteiger partial charge < -0.3 is 10.6 Å². The highest BCUT2D eigenvalue weighted by atomic mass is 16.2. The number of hydrogen-bond donors (Lipinski definition) is 2. The molecule has 2 aromatic heterocycles. The van der Waals surface area contributed by atoms with E-state index in [9.17, 15) is 9.59 Å². The molecule has 0 aliphatic heterocycles. The molecule has 0 saturated carbocycles. The third-order valence-electron chi connectivity index (χ3n) is 3.86. The molecule has 4 N–H and O–H groups in total. The van der Waals surface area contributed by atoms with Crippen molar-refractivity contribution in [2.75, 3.05) is 0 Å². The molecule has 130 valence electrons. The summed E-state index contributed by atoms with van der Waals surface area (Å²) >= 11 is 0. The summed E-state index contributed by atoms with van der Waals surface area (Å²) in [5.41, 5.74) is 2.99. The molecule has 0 bridgehead atoms. The molecule has 2 heterocycles. The molecular formula is C20H20N4O2+2. The van der Waals surface area contributed by atoms with Gasteiger partial charge in [0.25, 0.3) is 11.8 Å². The van der Waals surface area contributed by atoms with Crippen LogP contribution >= 0.6 is 0 Å². The highest BCUT2D eigenvalue weighted by Gasteiger charge is 2.09. The van der Waals surface area contributed by atoms with Gasteiger partial charge in [0.05, 0.1) is 0 Å². The largest absolute Gasteiger partial charge is 0.348 e. The van der Waals surface area contributed by atoms with E-state index < -0.39 is 0 Å². The monoisotopic (exact) mass is 348 g/mol. The second-order valence-electron chi connectivity index (χ2n) is 5.77. The summed E-state index contributed by atoms with van der Waals surface area (Å²) in [6, 6.07) is 14.2. The van der Waals surface area contributed by atoms with Crippen molar-refractivity contribution in [2.45, 2.75) is 13.1 Å². The molecule has 0 unspecified atom stereocenters. The lowest BCUT2D eigenvalue weighted by molar-refractivity contribution is -0.379. The van der Waals surface area contributed by atoms with E-state index in [0.717, 1.165) is 11.1 Å². The number of nitrogens with one attached hydrogen (secondary N) is 4. The standard InChI is InChI=1S/C20H18N4O2/c25-19(23-13-15-3-1-9-21-11-15)17-5-7-18(8-6-17)20(26)24-14-16-4-2-10-22-12-16/h1-12H,13-14H2,(H,23,25)(H,24,26)/p+2. The van der Waals surface area contributed by atoms with Gasteiger partial charge in [-0.05, 0) is 36.4 Å². The van der Waals surface area contributed by atoms with E-state index in [0.29, 0.717) is 24.2 Å². The van der Waals surface area contributed by atoms with Gasteiger partial charge in [-0.1, -0.05) is 0 Å². The van der Waals surface area contributed by atoms with Gasteiger partial charge in [0.15, 0.2) is 24.8 Å². The number of H-pyrrole nitrogens is 2. The van der Waals surface area contributed by atoms with E-state index in [4.69, 9.17) is 0 Å². The van der Waals surface area contributed by atoms with Crippen LogP contribution in [0.2, 0.25) is 0 Å². The maximum atomic E-state index is 12.2. The molecule has 0 atom stereocenters. The SMILES string of the molecule is O=C(NCc1ccc[nH+]c1)c1ccc(C(=O)NCc2ccc[nH+]c2)cc1. The minimum atomic E-state index is -0.180. The first kappa shape index (κ1) is 17.3. The number of aromatic nitrogens is 2. The predicted octanol–water partition coefficient (Wildman–Crippen LogP) is 1.17. The Hall–Kier alpha value is -3.54. The summed E-state index contributed by atoms with van der Waals surface area (Å²) in [7, 11) is 0. The molecule has 3 rings (SSSR count). The molecule has 0 spiro atoms. The van der Waals surface area contributed by atoms with Crippen LogP contribution < -0.4 is 20.6 Å². The zero-order valence-corrected chi connectivity index (χ0v) is 14.2. The molecule has 3 aromatic rings. The van der Waals surface area contributed by atoms with Crippen LogP contribution in [0.5, 0.6) is 0 Å². The van der Waals surface area contributed by atoms with Crippen molar-refractivity contribution < 1.29 is 19.6 Å². The minimum absolute atomic E-state index is 0.180. The Labute approximate surface area is 151 Å². The minimum Gasteiger partial charge on any atom is -0.348 e. The number of amides is 2. The Balaban J connectivity index is 1.53. The van der Waals surface area contributed by atoms with Crippen LogP contribution in [-0.4, -0.2) is 11.8 Å². The van der Waals surface area contributed by atoms with Gasteiger partial charge in [-0.3, -0.25) is 9.59 Å². The van der Waals surface area contributed by atoms with Crippen LogP contribution in [0.3, 0.4) is 0 Å². The smallest absolute Gasteiger partial charge is 0.251 e. The maximum Gasteiger partial charge on any atom is 0.251 e. The van der Waals surface area contributed by atoms with E-state index in [-0.39, 0.29) is 11.8 Å². The highest BCUT2D eigenvalue weighted by molar-refractivity contribution is 5.97. The van der Waals surface area contributed by atoms with Crippen LogP contribution in [0.15, 0.2) is 73.3 Å². The van der Waals surface area contributed by atoms with Gasteiger partial charge in [0.1, 0.15) is 0 Å². The summed E-state index contributed by atoms with van der Waals surface area (Å²) < 4.78 is 0. The fourth-order valence-corrected chi connectivity index (χ4v) is 2.42. The van der Waals surface area contributed by atoms with Gasteiger partial charge in [-0.2, -0.15) is 0 Å². The molecular weight excluding hydrogens is 328 g/mol. The number of benzene rings is 1. The van der Waals surface area contributed by atoms with Crippen molar-refractivity contribution in [3.8, 4) is 0 Å². The Morgan fingerprint density at radius 2 is 1.12 bits per heavy atom. The zero-order chi connectivity index (χ0) is 18.2. The van der Waals surface area contributed by atoms with E-state index >= 15 is 0 Å². The van der Waals surface area contributed by atoms with Crippen LogP contribution in [-0.2, 0) is 13.1 Å². The third kappa shape index (κ3) is 4.73. The normalized spacial score (nSPS) is 10.2. The lowest BCUT2D eigenvalue weighted by Crippen LogP contribution is -2.25. The van der Waals surface area contributed by atoms with E-state index in [1.807, 2.05) is 49.1 Å². The Morgan fingerprint density at radius 3 is 1.46 bits per heavy atom. The second-order valence-corrected chi connectivity index (χ2v) is 5.77. The second kappa shape index (κ2) is 8.53. The van der Waals surface area contributed by atoms with Crippen molar-refractivity contribution in [2.24, 2.45) is 0 Å². The number of carbonyl (C=O) groups excluding carboxylic acids is 2. The number of pyridine rings is 2. The van der Waals surface area contributed by atoms with Gasteiger partial charge in [0, 0.05) is 47.5 Å². The maximum absolute atomic E-state index is 12.2. The molecule has 26 heavy (non-hydrogen) atoms. The highest BCUT2D eigenvalue weighted by Crippen LogP contribution is 2.06. The van der Waals surface area contributed by atoms with Gasteiger partial charge in [0.2, 0.25) is 0 Å². The van der Waals surface area contributed by atoms with Crippen LogP contribution in [0.1, 0.15) is 31.8 Å². The molecule has 0 radical (unpaired) electrons. The average molecular weight is 348 g/mol. The first-order valence-corrected chi connectivity index (χ1v) is 8.29. The Bertz CT molecular complexity index is 791.